The number of fused-ring (bicyclic) bond motifs is 1. The van der Waals surface area contributed by atoms with Crippen LogP contribution in [0.15, 0.2) is 24.4 Å². The summed E-state index contributed by atoms with van der Waals surface area (Å²) in [7, 11) is 4.71. The first-order chi connectivity index (χ1) is 12.6. The Balaban J connectivity index is 1.28. The molecule has 1 atom stereocenters. The van der Waals surface area contributed by atoms with E-state index in [0.29, 0.717) is 0 Å². The summed E-state index contributed by atoms with van der Waals surface area (Å²) in [6, 6.07) is 4.81. The molecule has 3 aliphatic rings. The third kappa shape index (κ3) is 3.88. The molecule has 2 fully saturated rings. The van der Waals surface area contributed by atoms with Gasteiger partial charge in [-0.2, -0.15) is 0 Å². The van der Waals surface area contributed by atoms with Crippen molar-refractivity contribution >= 4 is 7.28 Å². The number of likely N-dealkylation sites (tertiary alicyclic amines) is 2. The van der Waals surface area contributed by atoms with Crippen molar-refractivity contribution < 1.29 is 0 Å². The molecule has 0 spiro atoms. The molecule has 3 heteroatoms. The molecular weight excluding hydrogens is 315 g/mol. The molecule has 26 heavy (non-hydrogen) atoms. The second-order valence-electron chi connectivity index (χ2n) is 9.03. The predicted molar refractivity (Wildman–Crippen MR) is 112 cm³/mol. The summed E-state index contributed by atoms with van der Waals surface area (Å²) >= 11 is 0. The van der Waals surface area contributed by atoms with Gasteiger partial charge in [0.15, 0.2) is 0 Å². The second-order valence-corrected chi connectivity index (χ2v) is 9.03. The zero-order valence-electron chi connectivity index (χ0n) is 16.8. The summed E-state index contributed by atoms with van der Waals surface area (Å²) in [6.07, 6.45) is 8.85. The van der Waals surface area contributed by atoms with Crippen LogP contribution < -0.4 is 0 Å². The van der Waals surface area contributed by atoms with Gasteiger partial charge in [-0.25, -0.2) is 0 Å². The fraction of sp³-hybridized carbons (Fsp3) is 0.652. The maximum atomic E-state index is 4.42. The molecule has 1 aromatic rings. The third-order valence-corrected chi connectivity index (χ3v) is 6.93. The maximum Gasteiger partial charge on any atom is 0.115 e. The molecule has 0 saturated carbocycles. The Bertz CT molecular complexity index is 662. The molecular formula is C23H34BN2. The number of benzene rings is 1. The number of hydrogen-bond donors (Lipinski definition) is 0. The van der Waals surface area contributed by atoms with Crippen molar-refractivity contribution in [3.63, 3.8) is 0 Å². The van der Waals surface area contributed by atoms with Gasteiger partial charge in [-0.3, -0.25) is 0 Å². The van der Waals surface area contributed by atoms with E-state index in [1.807, 2.05) is 0 Å². The number of nitrogens with zero attached hydrogens (tertiary/aromatic N) is 2. The van der Waals surface area contributed by atoms with Gasteiger partial charge in [-0.05, 0) is 86.7 Å². The highest BCUT2D eigenvalue weighted by Gasteiger charge is 2.30. The first-order valence-electron chi connectivity index (χ1n) is 10.6. The van der Waals surface area contributed by atoms with Crippen LogP contribution in [0.4, 0.5) is 0 Å². The lowest BCUT2D eigenvalue weighted by Gasteiger charge is -2.44. The van der Waals surface area contributed by atoms with Crippen molar-refractivity contribution in [2.24, 2.45) is 11.8 Å². The minimum atomic E-state index is 0.810. The summed E-state index contributed by atoms with van der Waals surface area (Å²) in [5.41, 5.74) is 7.76. The zero-order valence-corrected chi connectivity index (χ0v) is 16.8. The van der Waals surface area contributed by atoms with Gasteiger partial charge in [-0.1, -0.05) is 31.4 Å². The number of allylic oxidation sites excluding steroid dienone is 1. The molecule has 3 aliphatic heterocycles. The average molecular weight is 349 g/mol. The summed E-state index contributed by atoms with van der Waals surface area (Å²) in [5.74, 6) is 1.63. The third-order valence-electron chi connectivity index (χ3n) is 6.93. The number of aryl methyl sites for hydroxylation is 1. The Morgan fingerprint density at radius 1 is 1.23 bits per heavy atom. The molecule has 3 heterocycles. The minimum Gasteiger partial charge on any atom is -0.375 e. The van der Waals surface area contributed by atoms with Crippen LogP contribution in [0.5, 0.6) is 0 Å². The summed E-state index contributed by atoms with van der Waals surface area (Å²) in [5, 5.41) is 0. The Morgan fingerprint density at radius 3 is 2.88 bits per heavy atom. The van der Waals surface area contributed by atoms with E-state index in [9.17, 15) is 0 Å². The summed E-state index contributed by atoms with van der Waals surface area (Å²) in [6.45, 7) is 11.7. The Morgan fingerprint density at radius 2 is 2.08 bits per heavy atom. The fourth-order valence-corrected chi connectivity index (χ4v) is 5.28. The van der Waals surface area contributed by atoms with Crippen LogP contribution in [0.25, 0.3) is 0 Å². The van der Waals surface area contributed by atoms with E-state index in [0.717, 1.165) is 11.8 Å². The molecule has 0 N–H and O–H groups in total. The van der Waals surface area contributed by atoms with Gasteiger partial charge in [0.2, 0.25) is 0 Å². The highest BCUT2D eigenvalue weighted by Crippen LogP contribution is 2.31. The highest BCUT2D eigenvalue weighted by molar-refractivity contribution is 6.35. The molecule has 139 valence electrons. The van der Waals surface area contributed by atoms with E-state index in [1.54, 1.807) is 22.3 Å². The lowest BCUT2D eigenvalue weighted by atomic mass is 9.61. The van der Waals surface area contributed by atoms with Crippen LogP contribution in [0.2, 0.25) is 6.32 Å². The fourth-order valence-electron chi connectivity index (χ4n) is 5.28. The van der Waals surface area contributed by atoms with Crippen molar-refractivity contribution in [1.82, 2.24) is 9.80 Å². The largest absolute Gasteiger partial charge is 0.375 e. The highest BCUT2D eigenvalue weighted by atomic mass is 15.2. The summed E-state index contributed by atoms with van der Waals surface area (Å²) < 4.78 is 0. The van der Waals surface area contributed by atoms with E-state index in [2.05, 4.69) is 49.8 Å². The minimum absolute atomic E-state index is 0.810. The van der Waals surface area contributed by atoms with Crippen molar-refractivity contribution in [2.75, 3.05) is 33.2 Å². The predicted octanol–water partition coefficient (Wildman–Crippen LogP) is 3.89. The molecule has 2 nitrogen and oxygen atoms in total. The second kappa shape index (κ2) is 7.80. The maximum absolute atomic E-state index is 4.42. The quantitative estimate of drug-likeness (QED) is 0.744. The monoisotopic (exact) mass is 349 g/mol. The standard InChI is InChI=1S/C23H34BN2/c1-17(11-19-5-4-10-25(3)14-19)26-15-20(16-26)12-22-7-6-21-8-9-24-13-23(21)18(22)2/h6-7,19-20H,1,4-5,8-16H2,2-3H3. The van der Waals surface area contributed by atoms with Gasteiger partial charge in [-0.15, -0.1) is 0 Å². The van der Waals surface area contributed by atoms with Crippen molar-refractivity contribution in [1.29, 1.82) is 0 Å². The molecule has 2 saturated heterocycles. The molecule has 1 unspecified atom stereocenters. The van der Waals surface area contributed by atoms with Crippen molar-refractivity contribution in [2.45, 2.75) is 51.7 Å². The lowest BCUT2D eigenvalue weighted by molar-refractivity contribution is 0.125. The first-order valence-corrected chi connectivity index (χ1v) is 10.6. The molecule has 0 amide bonds. The smallest absolute Gasteiger partial charge is 0.115 e. The van der Waals surface area contributed by atoms with Gasteiger partial charge >= 0.3 is 0 Å². The van der Waals surface area contributed by atoms with E-state index >= 15 is 0 Å². The van der Waals surface area contributed by atoms with Gasteiger partial charge in [0.25, 0.3) is 0 Å². The van der Waals surface area contributed by atoms with Crippen LogP contribution in [0.1, 0.15) is 41.5 Å². The lowest BCUT2D eigenvalue weighted by Crippen LogP contribution is -2.47. The van der Waals surface area contributed by atoms with Crippen LogP contribution in [0.3, 0.4) is 0 Å². The first kappa shape index (κ1) is 18.2. The van der Waals surface area contributed by atoms with Crippen LogP contribution >= 0.6 is 0 Å². The van der Waals surface area contributed by atoms with E-state index in [1.165, 1.54) is 76.6 Å². The molecule has 0 bridgehead atoms. The normalized spacial score (nSPS) is 23.9. The van der Waals surface area contributed by atoms with E-state index < -0.39 is 0 Å². The number of rotatable bonds is 5. The molecule has 1 aromatic carbocycles. The molecule has 1 radical (unpaired) electrons. The Labute approximate surface area is 160 Å². The number of piperidine rings is 1. The zero-order chi connectivity index (χ0) is 18.1. The van der Waals surface area contributed by atoms with Crippen molar-refractivity contribution in [3.05, 3.63) is 46.7 Å². The van der Waals surface area contributed by atoms with E-state index in [4.69, 9.17) is 0 Å². The van der Waals surface area contributed by atoms with Crippen molar-refractivity contribution in [3.8, 4) is 0 Å². The number of hydrogen-bond acceptors (Lipinski definition) is 2. The topological polar surface area (TPSA) is 6.48 Å². The summed E-state index contributed by atoms with van der Waals surface area (Å²) in [4.78, 5) is 5.03. The molecule has 0 aliphatic carbocycles. The Hall–Kier alpha value is -1.22. The van der Waals surface area contributed by atoms with Gasteiger partial charge in [0.1, 0.15) is 7.28 Å². The van der Waals surface area contributed by atoms with E-state index in [-0.39, 0.29) is 0 Å². The average Bonchev–Trinajstić information content (AvgIpc) is 2.59. The SMILES string of the molecule is C=C(CC1CCCN(C)C1)N1CC(Cc2ccc3c(c2C)C[B]CC3)C1. The van der Waals surface area contributed by atoms with Crippen LogP contribution in [-0.4, -0.2) is 50.3 Å². The van der Waals surface area contributed by atoms with Gasteiger partial charge < -0.3 is 9.80 Å². The molecule has 4 rings (SSSR count). The Kier molecular flexibility index (Phi) is 5.45. The van der Waals surface area contributed by atoms with Crippen LogP contribution in [-0.2, 0) is 19.2 Å². The van der Waals surface area contributed by atoms with Crippen LogP contribution in [0, 0.1) is 18.8 Å². The molecule has 0 aromatic heterocycles. The van der Waals surface area contributed by atoms with Gasteiger partial charge in [0.05, 0.1) is 0 Å². The van der Waals surface area contributed by atoms with Gasteiger partial charge in [0, 0.05) is 25.3 Å².